The van der Waals surface area contributed by atoms with Crippen LogP contribution in [0.2, 0.25) is 0 Å². The van der Waals surface area contributed by atoms with Crippen LogP contribution < -0.4 is 10.5 Å². The molecule has 0 bridgehead atoms. The molecule has 2 aromatic heterocycles. The van der Waals surface area contributed by atoms with E-state index in [-0.39, 0.29) is 11.4 Å². The fraction of sp³-hybridized carbons (Fsp3) is 0.167. The van der Waals surface area contributed by atoms with Crippen molar-refractivity contribution in [2.45, 2.75) is 11.3 Å². The second-order valence-corrected chi connectivity index (χ2v) is 6.16. The molecule has 0 saturated carbocycles. The molecule has 21 heavy (non-hydrogen) atoms. The van der Waals surface area contributed by atoms with E-state index in [0.29, 0.717) is 17.5 Å². The molecule has 0 atom stereocenters. The molecule has 0 aliphatic heterocycles. The zero-order chi connectivity index (χ0) is 14.9. The lowest BCUT2D eigenvalue weighted by molar-refractivity contribution is 0.555. The molecule has 0 saturated heterocycles. The van der Waals surface area contributed by atoms with Gasteiger partial charge in [0.2, 0.25) is 10.0 Å². The zero-order valence-corrected chi connectivity index (χ0v) is 11.6. The Hall–Kier alpha value is -2.39. The van der Waals surface area contributed by atoms with Crippen molar-refractivity contribution >= 4 is 21.1 Å². The largest absolute Gasteiger partial charge is 0.417 e. The third kappa shape index (κ3) is 2.88. The van der Waals surface area contributed by atoms with E-state index in [1.807, 2.05) is 0 Å². The van der Waals surface area contributed by atoms with Crippen LogP contribution in [0, 0.1) is 0 Å². The Morgan fingerprint density at radius 3 is 2.95 bits per heavy atom. The van der Waals surface area contributed by atoms with Gasteiger partial charge in [0.05, 0.1) is 16.7 Å². The molecule has 0 aliphatic rings. The number of sulfonamides is 1. The highest BCUT2D eigenvalue weighted by atomic mass is 32.2. The van der Waals surface area contributed by atoms with Gasteiger partial charge >= 0.3 is 5.76 Å². The first-order valence-corrected chi connectivity index (χ1v) is 7.63. The molecule has 3 rings (SSSR count). The number of oxazole rings is 1. The Labute approximate surface area is 119 Å². The number of aromatic nitrogens is 3. The molecule has 0 radical (unpaired) electrons. The SMILES string of the molecule is O=c1[nH]c2cc(S(=O)(=O)NCCc3cnc[nH]3)ccc2o1. The number of H-pyrrole nitrogens is 2. The lowest BCUT2D eigenvalue weighted by atomic mass is 10.3. The second kappa shape index (κ2) is 5.19. The van der Waals surface area contributed by atoms with E-state index in [0.717, 1.165) is 5.69 Å². The van der Waals surface area contributed by atoms with Crippen molar-refractivity contribution in [2.75, 3.05) is 6.54 Å². The molecule has 1 aromatic carbocycles. The Kier molecular flexibility index (Phi) is 3.35. The highest BCUT2D eigenvalue weighted by Crippen LogP contribution is 2.16. The normalized spacial score (nSPS) is 12.0. The quantitative estimate of drug-likeness (QED) is 0.628. The van der Waals surface area contributed by atoms with Crippen molar-refractivity contribution in [3.05, 3.63) is 47.0 Å². The molecule has 0 unspecified atom stereocenters. The summed E-state index contributed by atoms with van der Waals surface area (Å²) in [6.45, 7) is 0.241. The van der Waals surface area contributed by atoms with E-state index in [1.54, 1.807) is 6.20 Å². The summed E-state index contributed by atoms with van der Waals surface area (Å²) >= 11 is 0. The first kappa shape index (κ1) is 13.6. The third-order valence-electron chi connectivity index (χ3n) is 2.94. The molecular formula is C12H12N4O4S. The van der Waals surface area contributed by atoms with Crippen molar-refractivity contribution in [1.29, 1.82) is 0 Å². The molecule has 3 aromatic rings. The fourth-order valence-corrected chi connectivity index (χ4v) is 2.98. The average molecular weight is 308 g/mol. The summed E-state index contributed by atoms with van der Waals surface area (Å²) in [5.41, 5.74) is 1.50. The van der Waals surface area contributed by atoms with Gasteiger partial charge in [-0.05, 0) is 18.2 Å². The van der Waals surface area contributed by atoms with Crippen LogP contribution in [0.5, 0.6) is 0 Å². The third-order valence-corrected chi connectivity index (χ3v) is 4.40. The van der Waals surface area contributed by atoms with Crippen molar-refractivity contribution in [1.82, 2.24) is 19.7 Å². The van der Waals surface area contributed by atoms with E-state index in [1.165, 1.54) is 24.5 Å². The predicted octanol–water partition coefficient (Wildman–Crippen LogP) is 0.365. The summed E-state index contributed by atoms with van der Waals surface area (Å²) in [5.74, 6) is -0.619. The highest BCUT2D eigenvalue weighted by Gasteiger charge is 2.15. The van der Waals surface area contributed by atoms with E-state index >= 15 is 0 Å². The van der Waals surface area contributed by atoms with Crippen LogP contribution in [0.1, 0.15) is 5.69 Å². The van der Waals surface area contributed by atoms with E-state index in [9.17, 15) is 13.2 Å². The van der Waals surface area contributed by atoms with Gasteiger partial charge in [-0.1, -0.05) is 0 Å². The minimum Gasteiger partial charge on any atom is -0.408 e. The van der Waals surface area contributed by atoms with Gasteiger partial charge in [-0.3, -0.25) is 4.98 Å². The number of nitrogens with one attached hydrogen (secondary N) is 3. The number of hydrogen-bond acceptors (Lipinski definition) is 5. The number of fused-ring (bicyclic) bond motifs is 1. The molecule has 3 N–H and O–H groups in total. The minimum absolute atomic E-state index is 0.0664. The van der Waals surface area contributed by atoms with Crippen LogP contribution >= 0.6 is 0 Å². The fourth-order valence-electron chi connectivity index (χ4n) is 1.92. The van der Waals surface area contributed by atoms with Gasteiger partial charge in [-0.2, -0.15) is 0 Å². The number of hydrogen-bond donors (Lipinski definition) is 3. The van der Waals surface area contributed by atoms with Crippen molar-refractivity contribution in [3.63, 3.8) is 0 Å². The lowest BCUT2D eigenvalue weighted by Crippen LogP contribution is -2.26. The topological polar surface area (TPSA) is 121 Å². The molecule has 110 valence electrons. The molecular weight excluding hydrogens is 296 g/mol. The Bertz CT molecular complexity index is 908. The first-order valence-electron chi connectivity index (χ1n) is 6.14. The predicted molar refractivity (Wildman–Crippen MR) is 74.3 cm³/mol. The first-order chi connectivity index (χ1) is 10.0. The Balaban J connectivity index is 1.77. The van der Waals surface area contributed by atoms with Crippen molar-refractivity contribution in [2.24, 2.45) is 0 Å². The summed E-state index contributed by atoms with van der Waals surface area (Å²) in [6.07, 6.45) is 3.67. The molecule has 0 spiro atoms. The van der Waals surface area contributed by atoms with E-state index < -0.39 is 15.8 Å². The van der Waals surface area contributed by atoms with E-state index in [4.69, 9.17) is 4.42 Å². The number of nitrogens with zero attached hydrogens (tertiary/aromatic N) is 1. The maximum atomic E-state index is 12.2. The van der Waals surface area contributed by atoms with Crippen molar-refractivity contribution < 1.29 is 12.8 Å². The monoisotopic (exact) mass is 308 g/mol. The Morgan fingerprint density at radius 1 is 1.33 bits per heavy atom. The van der Waals surface area contributed by atoms with Crippen LogP contribution in [0.15, 0.2) is 44.8 Å². The van der Waals surface area contributed by atoms with Crippen LogP contribution in [-0.2, 0) is 16.4 Å². The van der Waals surface area contributed by atoms with E-state index in [2.05, 4.69) is 19.7 Å². The summed E-state index contributed by atoms with van der Waals surface area (Å²) in [7, 11) is -3.64. The van der Waals surface area contributed by atoms with Crippen LogP contribution in [0.3, 0.4) is 0 Å². The molecule has 0 aliphatic carbocycles. The number of rotatable bonds is 5. The summed E-state index contributed by atoms with van der Waals surface area (Å²) in [4.78, 5) is 20.3. The van der Waals surface area contributed by atoms with Crippen LogP contribution in [0.25, 0.3) is 11.1 Å². The second-order valence-electron chi connectivity index (χ2n) is 4.40. The van der Waals surface area contributed by atoms with Gasteiger partial charge in [0.15, 0.2) is 5.58 Å². The smallest absolute Gasteiger partial charge is 0.408 e. The van der Waals surface area contributed by atoms with Crippen molar-refractivity contribution in [3.8, 4) is 0 Å². The average Bonchev–Trinajstić information content (AvgIpc) is 3.05. The molecule has 9 heteroatoms. The number of benzene rings is 1. The van der Waals surface area contributed by atoms with Gasteiger partial charge in [0.25, 0.3) is 0 Å². The maximum Gasteiger partial charge on any atom is 0.417 e. The molecule has 0 fully saturated rings. The van der Waals surface area contributed by atoms with Gasteiger partial charge in [0, 0.05) is 24.9 Å². The van der Waals surface area contributed by atoms with Gasteiger partial charge in [0.1, 0.15) is 0 Å². The van der Waals surface area contributed by atoms with Crippen LogP contribution in [0.4, 0.5) is 0 Å². The van der Waals surface area contributed by atoms with Gasteiger partial charge < -0.3 is 9.40 Å². The molecule has 0 amide bonds. The van der Waals surface area contributed by atoms with Crippen LogP contribution in [-0.4, -0.2) is 29.9 Å². The zero-order valence-electron chi connectivity index (χ0n) is 10.8. The van der Waals surface area contributed by atoms with Gasteiger partial charge in [-0.25, -0.2) is 22.9 Å². The van der Waals surface area contributed by atoms with Gasteiger partial charge in [-0.15, -0.1) is 0 Å². The molecule has 2 heterocycles. The number of aromatic amines is 2. The summed E-state index contributed by atoms with van der Waals surface area (Å²) in [5, 5.41) is 0. The standard InChI is InChI=1S/C12H12N4O4S/c17-12-16-10-5-9(1-2-11(10)20-12)21(18,19)15-4-3-8-6-13-7-14-8/h1-2,5-7,15H,3-4H2,(H,13,14)(H,16,17). The lowest BCUT2D eigenvalue weighted by Gasteiger charge is -2.05. The minimum atomic E-state index is -3.64. The Morgan fingerprint density at radius 2 is 2.19 bits per heavy atom. The maximum absolute atomic E-state index is 12.2. The summed E-state index contributed by atoms with van der Waals surface area (Å²) < 4.78 is 31.6. The number of imidazole rings is 1. The highest BCUT2D eigenvalue weighted by molar-refractivity contribution is 7.89. The summed E-state index contributed by atoms with van der Waals surface area (Å²) in [6, 6.07) is 4.19. The molecule has 8 nitrogen and oxygen atoms in total.